The first-order chi connectivity index (χ1) is 11.3. The fourth-order valence-electron chi connectivity index (χ4n) is 3.59. The molecule has 24 heavy (non-hydrogen) atoms. The molecule has 4 aliphatic rings. The maximum atomic E-state index is 5.39. The highest BCUT2D eigenvalue weighted by Gasteiger charge is 2.31. The van der Waals surface area contributed by atoms with Crippen LogP contribution in [0.25, 0.3) is 0 Å². The molecule has 8 heteroatoms. The predicted octanol–water partition coefficient (Wildman–Crippen LogP) is -0.508. The van der Waals surface area contributed by atoms with Gasteiger partial charge >= 0.3 is 0 Å². The third-order valence-electron chi connectivity index (χ3n) is 5.02. The molecule has 0 aliphatic carbocycles. The highest BCUT2D eigenvalue weighted by Crippen LogP contribution is 2.15. The van der Waals surface area contributed by atoms with Gasteiger partial charge in [0.15, 0.2) is 5.96 Å². The van der Waals surface area contributed by atoms with Crippen molar-refractivity contribution in [1.82, 2.24) is 25.3 Å². The number of fused-ring (bicyclic) bond motifs is 3. The monoisotopic (exact) mass is 452 g/mol. The molecule has 0 radical (unpaired) electrons. The van der Waals surface area contributed by atoms with E-state index in [0.717, 1.165) is 58.4 Å². The summed E-state index contributed by atoms with van der Waals surface area (Å²) in [6.07, 6.45) is 0. The lowest BCUT2D eigenvalue weighted by Crippen LogP contribution is -2.62. The van der Waals surface area contributed by atoms with Crippen LogP contribution < -0.4 is 10.6 Å². The number of hydrogen-bond donors (Lipinski definition) is 2. The maximum Gasteiger partial charge on any atom is 0.191 e. The number of hydrogen-bond acceptors (Lipinski definition) is 5. The standard InChI is InChI=1S/C16H32N6O.HI/c1-2-17-16(18-3-4-20-9-11-23-12-10-20)19-13-15-14-21-5-7-22(15)8-6-21;/h15H,2-14H2,1H3,(H2,17,18,19);1H. The Morgan fingerprint density at radius 3 is 2.46 bits per heavy atom. The van der Waals surface area contributed by atoms with Gasteiger partial charge in [0.1, 0.15) is 0 Å². The van der Waals surface area contributed by atoms with Crippen LogP contribution in [0.5, 0.6) is 0 Å². The van der Waals surface area contributed by atoms with Crippen molar-refractivity contribution in [3.8, 4) is 0 Å². The molecular weight excluding hydrogens is 419 g/mol. The normalized spacial score (nSPS) is 30.7. The van der Waals surface area contributed by atoms with E-state index in [1.807, 2.05) is 0 Å². The molecule has 4 saturated heterocycles. The topological polar surface area (TPSA) is 55.4 Å². The highest BCUT2D eigenvalue weighted by atomic mass is 127. The molecular formula is C16H33IN6O. The lowest BCUT2D eigenvalue weighted by atomic mass is 10.1. The lowest BCUT2D eigenvalue weighted by molar-refractivity contribution is 0.0174. The smallest absolute Gasteiger partial charge is 0.191 e. The van der Waals surface area contributed by atoms with Crippen molar-refractivity contribution in [3.63, 3.8) is 0 Å². The lowest BCUT2D eigenvalue weighted by Gasteiger charge is -2.47. The molecule has 0 aromatic heterocycles. The van der Waals surface area contributed by atoms with Crippen LogP contribution in [0.4, 0.5) is 0 Å². The molecule has 7 nitrogen and oxygen atoms in total. The van der Waals surface area contributed by atoms with Crippen LogP contribution in [0.15, 0.2) is 4.99 Å². The zero-order valence-corrected chi connectivity index (χ0v) is 17.2. The number of halogens is 1. The second kappa shape index (κ2) is 10.7. The molecule has 1 atom stereocenters. The van der Waals surface area contributed by atoms with Crippen LogP contribution in [0.3, 0.4) is 0 Å². The summed E-state index contributed by atoms with van der Waals surface area (Å²) >= 11 is 0. The number of piperazine rings is 3. The molecule has 0 spiro atoms. The summed E-state index contributed by atoms with van der Waals surface area (Å²) in [7, 11) is 0. The van der Waals surface area contributed by atoms with Crippen LogP contribution >= 0.6 is 24.0 Å². The van der Waals surface area contributed by atoms with Crippen molar-refractivity contribution in [1.29, 1.82) is 0 Å². The van der Waals surface area contributed by atoms with Crippen LogP contribution in [0.1, 0.15) is 6.92 Å². The van der Waals surface area contributed by atoms with Gasteiger partial charge in [-0.2, -0.15) is 0 Å². The molecule has 4 heterocycles. The van der Waals surface area contributed by atoms with E-state index in [-0.39, 0.29) is 24.0 Å². The van der Waals surface area contributed by atoms with E-state index in [4.69, 9.17) is 9.73 Å². The van der Waals surface area contributed by atoms with E-state index in [9.17, 15) is 0 Å². The molecule has 0 amide bonds. The number of guanidine groups is 1. The van der Waals surface area contributed by atoms with Gasteiger partial charge in [0.25, 0.3) is 0 Å². The second-order valence-corrected chi connectivity index (χ2v) is 6.59. The van der Waals surface area contributed by atoms with Gasteiger partial charge in [0.2, 0.25) is 0 Å². The minimum absolute atomic E-state index is 0. The van der Waals surface area contributed by atoms with E-state index in [2.05, 4.69) is 32.3 Å². The first-order valence-electron chi connectivity index (χ1n) is 9.14. The van der Waals surface area contributed by atoms with Gasteiger partial charge in [-0.3, -0.25) is 19.7 Å². The molecule has 4 rings (SSSR count). The first-order valence-corrected chi connectivity index (χ1v) is 9.14. The van der Waals surface area contributed by atoms with E-state index in [1.165, 1.54) is 32.7 Å². The average molecular weight is 452 g/mol. The van der Waals surface area contributed by atoms with Gasteiger partial charge in [0, 0.05) is 71.5 Å². The molecule has 2 bridgehead atoms. The largest absolute Gasteiger partial charge is 0.379 e. The predicted molar refractivity (Wildman–Crippen MR) is 108 cm³/mol. The molecule has 4 aliphatic heterocycles. The number of nitrogens with one attached hydrogen (secondary N) is 2. The fourth-order valence-corrected chi connectivity index (χ4v) is 3.59. The maximum absolute atomic E-state index is 5.39. The number of ether oxygens (including phenoxy) is 1. The first kappa shape index (κ1) is 20.2. The van der Waals surface area contributed by atoms with E-state index in [1.54, 1.807) is 0 Å². The highest BCUT2D eigenvalue weighted by molar-refractivity contribution is 14.0. The Balaban J connectivity index is 0.00000208. The second-order valence-electron chi connectivity index (χ2n) is 6.59. The van der Waals surface area contributed by atoms with Crippen molar-refractivity contribution in [2.24, 2.45) is 4.99 Å². The number of morpholine rings is 1. The zero-order valence-electron chi connectivity index (χ0n) is 14.9. The number of aliphatic imine (C=N–C) groups is 1. The average Bonchev–Trinajstić information content (AvgIpc) is 2.61. The van der Waals surface area contributed by atoms with Crippen molar-refractivity contribution in [2.75, 3.05) is 85.2 Å². The van der Waals surface area contributed by atoms with Crippen molar-refractivity contribution in [2.45, 2.75) is 13.0 Å². The summed E-state index contributed by atoms with van der Waals surface area (Å²) in [5.74, 6) is 0.957. The Bertz CT molecular complexity index is 383. The third kappa shape index (κ3) is 5.98. The minimum atomic E-state index is 0. The van der Waals surface area contributed by atoms with Crippen molar-refractivity contribution in [3.05, 3.63) is 0 Å². The Labute approximate surface area is 163 Å². The fraction of sp³-hybridized carbons (Fsp3) is 0.938. The molecule has 1 unspecified atom stereocenters. The van der Waals surface area contributed by atoms with Crippen LogP contribution in [-0.2, 0) is 4.74 Å². The number of rotatable bonds is 6. The van der Waals surface area contributed by atoms with Gasteiger partial charge in [-0.1, -0.05) is 0 Å². The van der Waals surface area contributed by atoms with Gasteiger partial charge in [-0.25, -0.2) is 0 Å². The van der Waals surface area contributed by atoms with E-state index in [0.29, 0.717) is 6.04 Å². The Kier molecular flexibility index (Phi) is 9.02. The summed E-state index contributed by atoms with van der Waals surface area (Å²) in [5, 5.41) is 6.84. The summed E-state index contributed by atoms with van der Waals surface area (Å²) in [4.78, 5) is 12.4. The quantitative estimate of drug-likeness (QED) is 0.322. The van der Waals surface area contributed by atoms with Gasteiger partial charge in [-0.15, -0.1) is 24.0 Å². The molecule has 0 saturated carbocycles. The van der Waals surface area contributed by atoms with Crippen molar-refractivity contribution < 1.29 is 4.74 Å². The molecule has 4 fully saturated rings. The molecule has 2 N–H and O–H groups in total. The summed E-state index contributed by atoms with van der Waals surface area (Å²) in [5.41, 5.74) is 0. The Morgan fingerprint density at radius 2 is 1.83 bits per heavy atom. The van der Waals surface area contributed by atoms with Gasteiger partial charge in [0.05, 0.1) is 19.8 Å². The van der Waals surface area contributed by atoms with Crippen molar-refractivity contribution >= 4 is 29.9 Å². The SMILES string of the molecule is CCNC(=NCC1CN2CCN1CC2)NCCN1CCOCC1.I. The zero-order chi connectivity index (χ0) is 15.9. The summed E-state index contributed by atoms with van der Waals surface area (Å²) in [6, 6.07) is 0.590. The summed E-state index contributed by atoms with van der Waals surface area (Å²) < 4.78 is 5.39. The van der Waals surface area contributed by atoms with Gasteiger partial charge in [-0.05, 0) is 6.92 Å². The third-order valence-corrected chi connectivity index (χ3v) is 5.02. The van der Waals surface area contributed by atoms with E-state index < -0.39 is 0 Å². The summed E-state index contributed by atoms with van der Waals surface area (Å²) in [6.45, 7) is 15.8. The molecule has 140 valence electrons. The number of nitrogens with zero attached hydrogens (tertiary/aromatic N) is 4. The van der Waals surface area contributed by atoms with Crippen LogP contribution in [-0.4, -0.2) is 112 Å². The van der Waals surface area contributed by atoms with Gasteiger partial charge < -0.3 is 15.4 Å². The minimum Gasteiger partial charge on any atom is -0.379 e. The van der Waals surface area contributed by atoms with E-state index >= 15 is 0 Å². The molecule has 0 aromatic carbocycles. The Morgan fingerprint density at radius 1 is 1.08 bits per heavy atom. The van der Waals surface area contributed by atoms with Crippen LogP contribution in [0.2, 0.25) is 0 Å². The van der Waals surface area contributed by atoms with Crippen LogP contribution in [0, 0.1) is 0 Å². The molecule has 0 aromatic rings. The Hall–Kier alpha value is -0.160.